The Bertz CT molecular complexity index is 1120. The van der Waals surface area contributed by atoms with E-state index >= 15 is 0 Å². The van der Waals surface area contributed by atoms with Crippen molar-refractivity contribution in [3.63, 3.8) is 0 Å². The molecule has 10 nitrogen and oxygen atoms in total. The highest BCUT2D eigenvalue weighted by Crippen LogP contribution is 2.11. The fraction of sp³-hybridized carbons (Fsp3) is 0.720. The van der Waals surface area contributed by atoms with Crippen molar-refractivity contribution in [3.8, 4) is 0 Å². The first-order valence-corrected chi connectivity index (χ1v) is 13.1. The predicted octanol–water partition coefficient (Wildman–Crippen LogP) is 2.07. The number of likely N-dealkylation sites (tertiary alicyclic amines) is 1. The zero-order valence-electron chi connectivity index (χ0n) is 21.3. The van der Waals surface area contributed by atoms with Crippen molar-refractivity contribution in [2.75, 3.05) is 19.6 Å². The summed E-state index contributed by atoms with van der Waals surface area (Å²) in [6.45, 7) is 2.66. The molecule has 0 unspecified atom stereocenters. The van der Waals surface area contributed by atoms with Gasteiger partial charge >= 0.3 is 5.69 Å². The molecule has 0 aliphatic carbocycles. The van der Waals surface area contributed by atoms with Crippen molar-refractivity contribution in [3.05, 3.63) is 27.2 Å². The Kier molecular flexibility index (Phi) is 10.1. The van der Waals surface area contributed by atoms with Gasteiger partial charge in [0.25, 0.3) is 5.56 Å². The highest BCUT2D eigenvalue weighted by Gasteiger charge is 2.19. The van der Waals surface area contributed by atoms with E-state index in [1.807, 2.05) is 4.90 Å². The first-order chi connectivity index (χ1) is 16.9. The molecule has 0 radical (unpaired) electrons. The average Bonchev–Trinajstić information content (AvgIpc) is 3.43. The fourth-order valence-corrected chi connectivity index (χ4v) is 4.74. The summed E-state index contributed by atoms with van der Waals surface area (Å²) in [6.07, 6.45) is 12.7. The minimum Gasteiger partial charge on any atom is -0.356 e. The van der Waals surface area contributed by atoms with E-state index in [0.29, 0.717) is 37.1 Å². The minimum atomic E-state index is -0.313. The van der Waals surface area contributed by atoms with E-state index in [2.05, 4.69) is 10.3 Å². The lowest BCUT2D eigenvalue weighted by atomic mass is 10.1. The van der Waals surface area contributed by atoms with Crippen LogP contribution in [0.25, 0.3) is 11.2 Å². The predicted molar refractivity (Wildman–Crippen MR) is 135 cm³/mol. The second-order valence-corrected chi connectivity index (χ2v) is 9.59. The highest BCUT2D eigenvalue weighted by atomic mass is 16.2. The SMILES string of the molecule is Cn1cnc2c1c(=O)n(CCCCCCCCCCC(=O)NCCCN1CCCC1=O)c(=O)n2C. The summed E-state index contributed by atoms with van der Waals surface area (Å²) in [5, 5.41) is 2.95. The Hall–Kier alpha value is -2.91. The van der Waals surface area contributed by atoms with E-state index in [4.69, 9.17) is 0 Å². The Labute approximate surface area is 206 Å². The third kappa shape index (κ3) is 7.29. The van der Waals surface area contributed by atoms with Crippen LogP contribution in [0.4, 0.5) is 0 Å². The largest absolute Gasteiger partial charge is 0.356 e. The summed E-state index contributed by atoms with van der Waals surface area (Å²) < 4.78 is 4.42. The third-order valence-electron chi connectivity index (χ3n) is 6.83. The monoisotopic (exact) mass is 488 g/mol. The van der Waals surface area contributed by atoms with Crippen LogP contribution < -0.4 is 16.6 Å². The maximum absolute atomic E-state index is 12.7. The number of rotatable bonds is 15. The maximum Gasteiger partial charge on any atom is 0.332 e. The highest BCUT2D eigenvalue weighted by molar-refractivity contribution is 5.78. The Balaban J connectivity index is 1.20. The van der Waals surface area contributed by atoms with Gasteiger partial charge in [-0.05, 0) is 25.7 Å². The van der Waals surface area contributed by atoms with E-state index in [-0.39, 0.29) is 23.1 Å². The van der Waals surface area contributed by atoms with Crippen LogP contribution in [0.1, 0.15) is 77.0 Å². The van der Waals surface area contributed by atoms with Crippen LogP contribution in [-0.2, 0) is 30.2 Å². The van der Waals surface area contributed by atoms with Crippen LogP contribution in [0.2, 0.25) is 0 Å². The van der Waals surface area contributed by atoms with Crippen molar-refractivity contribution in [2.45, 2.75) is 83.6 Å². The molecule has 194 valence electrons. The number of amides is 2. The molecular formula is C25H40N6O4. The average molecular weight is 489 g/mol. The quantitative estimate of drug-likeness (QED) is 0.386. The smallest absolute Gasteiger partial charge is 0.332 e. The van der Waals surface area contributed by atoms with Crippen molar-refractivity contribution in [1.29, 1.82) is 0 Å². The first kappa shape index (κ1) is 26.7. The number of fused-ring (bicyclic) bond motifs is 1. The number of carbonyl (C=O) groups excluding carboxylic acids is 2. The van der Waals surface area contributed by atoms with Gasteiger partial charge in [-0.2, -0.15) is 0 Å². The van der Waals surface area contributed by atoms with Gasteiger partial charge in [-0.25, -0.2) is 9.78 Å². The molecule has 3 rings (SSSR count). The van der Waals surface area contributed by atoms with Crippen molar-refractivity contribution >= 4 is 23.0 Å². The van der Waals surface area contributed by atoms with Crippen molar-refractivity contribution in [1.82, 2.24) is 28.9 Å². The summed E-state index contributed by atoms with van der Waals surface area (Å²) >= 11 is 0. The number of carbonyl (C=O) groups is 2. The molecule has 1 saturated heterocycles. The third-order valence-corrected chi connectivity index (χ3v) is 6.83. The molecule has 0 bridgehead atoms. The second kappa shape index (κ2) is 13.3. The molecule has 0 spiro atoms. The number of imidazole rings is 1. The zero-order valence-corrected chi connectivity index (χ0v) is 21.3. The minimum absolute atomic E-state index is 0.100. The van der Waals surface area contributed by atoms with E-state index in [1.165, 1.54) is 9.13 Å². The summed E-state index contributed by atoms with van der Waals surface area (Å²) in [5.41, 5.74) is 0.298. The maximum atomic E-state index is 12.7. The number of hydrogen-bond donors (Lipinski definition) is 1. The molecular weight excluding hydrogens is 448 g/mol. The number of unbranched alkanes of at least 4 members (excludes halogenated alkanes) is 7. The number of aromatic nitrogens is 4. The molecule has 3 heterocycles. The molecule has 2 amide bonds. The topological polar surface area (TPSA) is 111 Å². The zero-order chi connectivity index (χ0) is 25.2. The molecule has 0 atom stereocenters. The molecule has 1 aliphatic heterocycles. The van der Waals surface area contributed by atoms with Crippen molar-refractivity contribution in [2.24, 2.45) is 14.1 Å². The van der Waals surface area contributed by atoms with E-state index in [0.717, 1.165) is 77.3 Å². The van der Waals surface area contributed by atoms with Crippen LogP contribution in [0.15, 0.2) is 15.9 Å². The molecule has 35 heavy (non-hydrogen) atoms. The molecule has 2 aromatic heterocycles. The number of nitrogens with one attached hydrogen (secondary N) is 1. The molecule has 0 aromatic carbocycles. The summed E-state index contributed by atoms with van der Waals surface area (Å²) in [5.74, 6) is 0.337. The van der Waals surface area contributed by atoms with Gasteiger partial charge < -0.3 is 14.8 Å². The van der Waals surface area contributed by atoms with Crippen LogP contribution in [0.5, 0.6) is 0 Å². The van der Waals surface area contributed by atoms with Crippen LogP contribution >= 0.6 is 0 Å². The number of nitrogens with zero attached hydrogens (tertiary/aromatic N) is 5. The number of hydrogen-bond acceptors (Lipinski definition) is 5. The second-order valence-electron chi connectivity index (χ2n) is 9.59. The lowest BCUT2D eigenvalue weighted by Gasteiger charge is -2.15. The standard InChI is InChI=1S/C25H40N6O4/c1-28-19-27-23-22(28)24(34)31(25(35)29(23)2)18-10-8-6-4-3-5-7-9-13-20(32)26-15-12-17-30-16-11-14-21(30)33/h19H,3-18H2,1-2H3,(H,26,32). The van der Waals surface area contributed by atoms with Gasteiger partial charge in [-0.15, -0.1) is 0 Å². The number of aryl methyl sites for hydroxylation is 2. The Morgan fingerprint density at radius 1 is 0.943 bits per heavy atom. The van der Waals surface area contributed by atoms with Crippen LogP contribution in [-0.4, -0.2) is 55.0 Å². The van der Waals surface area contributed by atoms with E-state index in [1.54, 1.807) is 25.0 Å². The van der Waals surface area contributed by atoms with Gasteiger partial charge in [0.15, 0.2) is 11.2 Å². The van der Waals surface area contributed by atoms with E-state index < -0.39 is 0 Å². The lowest BCUT2D eigenvalue weighted by molar-refractivity contribution is -0.127. The summed E-state index contributed by atoms with van der Waals surface area (Å²) in [7, 11) is 3.41. The molecule has 2 aromatic rings. The molecule has 10 heteroatoms. The molecule has 1 aliphatic rings. The van der Waals surface area contributed by atoms with Gasteiger partial charge in [-0.3, -0.25) is 23.5 Å². The first-order valence-electron chi connectivity index (χ1n) is 13.1. The molecule has 1 N–H and O–H groups in total. The molecule has 0 saturated carbocycles. The fourth-order valence-electron chi connectivity index (χ4n) is 4.74. The molecule has 1 fully saturated rings. The van der Waals surface area contributed by atoms with Gasteiger partial charge in [-0.1, -0.05) is 38.5 Å². The normalized spacial score (nSPS) is 13.8. The van der Waals surface area contributed by atoms with Gasteiger partial charge in [0.1, 0.15) is 0 Å². The van der Waals surface area contributed by atoms with Gasteiger partial charge in [0.05, 0.1) is 6.33 Å². The summed E-state index contributed by atoms with van der Waals surface area (Å²) in [4.78, 5) is 54.7. The lowest BCUT2D eigenvalue weighted by Crippen LogP contribution is -2.39. The van der Waals surface area contributed by atoms with Crippen molar-refractivity contribution < 1.29 is 9.59 Å². The Morgan fingerprint density at radius 3 is 2.31 bits per heavy atom. The van der Waals surface area contributed by atoms with E-state index in [9.17, 15) is 19.2 Å². The summed E-state index contributed by atoms with van der Waals surface area (Å²) in [6, 6.07) is 0. The van der Waals surface area contributed by atoms with Gasteiger partial charge in [0.2, 0.25) is 11.8 Å². The van der Waals surface area contributed by atoms with Gasteiger partial charge in [0, 0.05) is 53.1 Å². The van der Waals surface area contributed by atoms with Crippen LogP contribution in [0, 0.1) is 0 Å². The van der Waals surface area contributed by atoms with Crippen LogP contribution in [0.3, 0.4) is 0 Å². The Morgan fingerprint density at radius 2 is 1.63 bits per heavy atom.